The molecule has 2 heterocycles. The minimum absolute atomic E-state index is 0.0906. The molecule has 0 saturated carbocycles. The van der Waals surface area contributed by atoms with E-state index in [1.807, 2.05) is 25.1 Å². The normalized spacial score (nSPS) is 22.1. The van der Waals surface area contributed by atoms with Gasteiger partial charge in [0.1, 0.15) is 6.04 Å². The highest BCUT2D eigenvalue weighted by molar-refractivity contribution is 5.83. The summed E-state index contributed by atoms with van der Waals surface area (Å²) < 4.78 is 7.29. The molecular formula is C13H22N4O2. The Bertz CT molecular complexity index is 432. The van der Waals surface area contributed by atoms with Crippen LogP contribution in [0.4, 0.5) is 0 Å². The molecular weight excluding hydrogens is 244 g/mol. The third-order valence-corrected chi connectivity index (χ3v) is 3.36. The number of rotatable bonds is 3. The third kappa shape index (κ3) is 3.33. The van der Waals surface area contributed by atoms with Crippen molar-refractivity contribution in [2.24, 2.45) is 7.05 Å². The van der Waals surface area contributed by atoms with E-state index in [0.29, 0.717) is 6.54 Å². The fourth-order valence-corrected chi connectivity index (χ4v) is 2.40. The quantitative estimate of drug-likeness (QED) is 0.856. The van der Waals surface area contributed by atoms with Gasteiger partial charge in [-0.05, 0) is 20.4 Å². The highest BCUT2D eigenvalue weighted by atomic mass is 16.5. The van der Waals surface area contributed by atoms with Gasteiger partial charge in [0.05, 0.1) is 12.3 Å². The Balaban J connectivity index is 2.11. The number of aromatic nitrogens is 2. The van der Waals surface area contributed by atoms with Gasteiger partial charge in [-0.3, -0.25) is 9.48 Å². The van der Waals surface area contributed by atoms with Crippen LogP contribution < -0.4 is 5.32 Å². The number of amides is 1. The van der Waals surface area contributed by atoms with Crippen molar-refractivity contribution in [1.29, 1.82) is 0 Å². The van der Waals surface area contributed by atoms with Gasteiger partial charge >= 0.3 is 0 Å². The summed E-state index contributed by atoms with van der Waals surface area (Å²) in [5, 5.41) is 7.21. The molecule has 1 aliphatic heterocycles. The van der Waals surface area contributed by atoms with Crippen LogP contribution in [0.5, 0.6) is 0 Å². The van der Waals surface area contributed by atoms with Gasteiger partial charge < -0.3 is 15.0 Å². The fourth-order valence-electron chi connectivity index (χ4n) is 2.40. The first kappa shape index (κ1) is 14.0. The molecule has 0 aromatic carbocycles. The van der Waals surface area contributed by atoms with E-state index in [2.05, 4.69) is 10.4 Å². The van der Waals surface area contributed by atoms with Gasteiger partial charge in [0.25, 0.3) is 0 Å². The van der Waals surface area contributed by atoms with E-state index in [4.69, 9.17) is 4.74 Å². The number of ether oxygens (including phenoxy) is 1. The van der Waals surface area contributed by atoms with Gasteiger partial charge in [-0.25, -0.2) is 0 Å². The number of hydrogen-bond acceptors (Lipinski definition) is 4. The molecule has 106 valence electrons. The van der Waals surface area contributed by atoms with E-state index in [0.717, 1.165) is 25.1 Å². The van der Waals surface area contributed by atoms with Crippen LogP contribution in [0.25, 0.3) is 0 Å². The lowest BCUT2D eigenvalue weighted by Crippen LogP contribution is -2.42. The maximum atomic E-state index is 12.6. The van der Waals surface area contributed by atoms with Crippen molar-refractivity contribution in [3.8, 4) is 0 Å². The van der Waals surface area contributed by atoms with Crippen molar-refractivity contribution in [2.75, 3.05) is 26.7 Å². The monoisotopic (exact) mass is 266 g/mol. The largest absolute Gasteiger partial charge is 0.377 e. The molecule has 19 heavy (non-hydrogen) atoms. The van der Waals surface area contributed by atoms with Gasteiger partial charge in [-0.15, -0.1) is 0 Å². The average Bonchev–Trinajstić information content (AvgIpc) is 2.68. The van der Waals surface area contributed by atoms with Crippen molar-refractivity contribution in [1.82, 2.24) is 20.0 Å². The summed E-state index contributed by atoms with van der Waals surface area (Å²) in [6.07, 6.45) is 4.59. The van der Waals surface area contributed by atoms with Crippen LogP contribution >= 0.6 is 0 Å². The lowest BCUT2D eigenvalue weighted by atomic mass is 10.1. The molecule has 1 aromatic heterocycles. The predicted octanol–water partition coefficient (Wildman–Crippen LogP) is 0.318. The van der Waals surface area contributed by atoms with Crippen LogP contribution in [-0.4, -0.2) is 53.4 Å². The second-order valence-electron chi connectivity index (χ2n) is 4.99. The highest BCUT2D eigenvalue weighted by Gasteiger charge is 2.27. The Hall–Kier alpha value is -1.40. The van der Waals surface area contributed by atoms with Gasteiger partial charge in [0.2, 0.25) is 5.91 Å². The first-order chi connectivity index (χ1) is 9.11. The molecule has 1 N–H and O–H groups in total. The first-order valence-electron chi connectivity index (χ1n) is 6.68. The topological polar surface area (TPSA) is 59.4 Å². The molecule has 1 aliphatic rings. The van der Waals surface area contributed by atoms with Crippen LogP contribution in [0.3, 0.4) is 0 Å². The summed E-state index contributed by atoms with van der Waals surface area (Å²) in [7, 11) is 3.65. The Labute approximate surface area is 113 Å². The summed E-state index contributed by atoms with van der Waals surface area (Å²) in [5.41, 5.74) is 0.896. The van der Waals surface area contributed by atoms with Crippen molar-refractivity contribution in [3.63, 3.8) is 0 Å². The summed E-state index contributed by atoms with van der Waals surface area (Å²) in [6, 6.07) is -0.334. The standard InChI is InChI=1S/C13H22N4O2/c1-10-8-17(5-4-6-19-10)13(18)12(14-2)11-7-15-16(3)9-11/h7,9-10,12,14H,4-6,8H2,1-3H3. The van der Waals surface area contributed by atoms with Gasteiger partial charge in [0, 0.05) is 38.5 Å². The Morgan fingerprint density at radius 1 is 1.63 bits per heavy atom. The van der Waals surface area contributed by atoms with E-state index in [9.17, 15) is 4.79 Å². The Kier molecular flexibility index (Phi) is 4.55. The van der Waals surface area contributed by atoms with Crippen LogP contribution in [0.15, 0.2) is 12.4 Å². The van der Waals surface area contributed by atoms with Crippen molar-refractivity contribution in [2.45, 2.75) is 25.5 Å². The molecule has 1 fully saturated rings. The lowest BCUT2D eigenvalue weighted by Gasteiger charge is -2.26. The number of likely N-dealkylation sites (N-methyl/N-ethyl adjacent to an activating group) is 1. The Morgan fingerprint density at radius 3 is 3.05 bits per heavy atom. The van der Waals surface area contributed by atoms with Crippen molar-refractivity contribution in [3.05, 3.63) is 18.0 Å². The second-order valence-corrected chi connectivity index (χ2v) is 4.99. The number of nitrogens with one attached hydrogen (secondary N) is 1. The zero-order chi connectivity index (χ0) is 13.8. The van der Waals surface area contributed by atoms with E-state index < -0.39 is 0 Å². The van der Waals surface area contributed by atoms with Crippen LogP contribution in [0, 0.1) is 0 Å². The minimum atomic E-state index is -0.334. The molecule has 1 saturated heterocycles. The molecule has 6 heteroatoms. The van der Waals surface area contributed by atoms with Crippen molar-refractivity contribution >= 4 is 5.91 Å². The van der Waals surface area contributed by atoms with Gasteiger partial charge in [0.15, 0.2) is 0 Å². The van der Waals surface area contributed by atoms with E-state index in [-0.39, 0.29) is 18.1 Å². The SMILES string of the molecule is CNC(C(=O)N1CCCOC(C)C1)c1cnn(C)c1. The molecule has 2 unspecified atom stereocenters. The first-order valence-corrected chi connectivity index (χ1v) is 6.68. The number of hydrogen-bond donors (Lipinski definition) is 1. The maximum Gasteiger partial charge on any atom is 0.244 e. The van der Waals surface area contributed by atoms with E-state index in [1.165, 1.54) is 0 Å². The number of nitrogens with zero attached hydrogens (tertiary/aromatic N) is 3. The van der Waals surface area contributed by atoms with Crippen LogP contribution in [-0.2, 0) is 16.6 Å². The molecule has 1 amide bonds. The van der Waals surface area contributed by atoms with Gasteiger partial charge in [-0.2, -0.15) is 5.10 Å². The van der Waals surface area contributed by atoms with Crippen LogP contribution in [0.2, 0.25) is 0 Å². The molecule has 0 aliphatic carbocycles. The zero-order valence-electron chi connectivity index (χ0n) is 11.8. The van der Waals surface area contributed by atoms with Crippen LogP contribution in [0.1, 0.15) is 24.9 Å². The van der Waals surface area contributed by atoms with Gasteiger partial charge in [-0.1, -0.05) is 0 Å². The lowest BCUT2D eigenvalue weighted by molar-refractivity contribution is -0.134. The summed E-state index contributed by atoms with van der Waals surface area (Å²) in [6.45, 7) is 4.13. The van der Waals surface area contributed by atoms with E-state index in [1.54, 1.807) is 17.9 Å². The molecule has 2 atom stereocenters. The molecule has 2 rings (SSSR count). The Morgan fingerprint density at radius 2 is 2.42 bits per heavy atom. The molecule has 0 spiro atoms. The summed E-state index contributed by atoms with van der Waals surface area (Å²) in [5.74, 6) is 0.0906. The zero-order valence-corrected chi connectivity index (χ0v) is 11.8. The van der Waals surface area contributed by atoms with Crippen molar-refractivity contribution < 1.29 is 9.53 Å². The molecule has 0 bridgehead atoms. The predicted molar refractivity (Wildman–Crippen MR) is 71.6 cm³/mol. The fraction of sp³-hybridized carbons (Fsp3) is 0.692. The molecule has 0 radical (unpaired) electrons. The summed E-state index contributed by atoms with van der Waals surface area (Å²) in [4.78, 5) is 14.5. The van der Waals surface area contributed by atoms with E-state index >= 15 is 0 Å². The molecule has 6 nitrogen and oxygen atoms in total. The molecule has 1 aromatic rings. The number of aryl methyl sites for hydroxylation is 1. The number of carbonyl (C=O) groups excluding carboxylic acids is 1. The second kappa shape index (κ2) is 6.16. The highest BCUT2D eigenvalue weighted by Crippen LogP contribution is 2.17. The maximum absolute atomic E-state index is 12.6. The third-order valence-electron chi connectivity index (χ3n) is 3.36. The smallest absolute Gasteiger partial charge is 0.244 e. The average molecular weight is 266 g/mol. The summed E-state index contributed by atoms with van der Waals surface area (Å²) >= 11 is 0. The minimum Gasteiger partial charge on any atom is -0.377 e. The number of carbonyl (C=O) groups is 1.